The second-order valence-electron chi connectivity index (χ2n) is 7.42. The summed E-state index contributed by atoms with van der Waals surface area (Å²) in [5.41, 5.74) is 0.988. The van der Waals surface area contributed by atoms with Crippen LogP contribution in [0.4, 0.5) is 0 Å². The molecule has 0 atom stereocenters. The molecule has 4 rings (SSSR count). The van der Waals surface area contributed by atoms with Crippen LogP contribution in [0.15, 0.2) is 21.8 Å². The Labute approximate surface area is 188 Å². The van der Waals surface area contributed by atoms with E-state index >= 15 is 0 Å². The van der Waals surface area contributed by atoms with Crippen molar-refractivity contribution in [2.75, 3.05) is 32.7 Å². The molecule has 160 valence electrons. The molecular formula is C19H31IN8O. The SMILES string of the molecule is CCNC(=NCc1nnc2n1CCCCC2)N1CCN(Cc2ccon2)CC1.I. The summed E-state index contributed by atoms with van der Waals surface area (Å²) in [6, 6.07) is 1.93. The van der Waals surface area contributed by atoms with E-state index in [1.54, 1.807) is 6.26 Å². The van der Waals surface area contributed by atoms with Crippen LogP contribution < -0.4 is 5.32 Å². The highest BCUT2D eigenvalue weighted by atomic mass is 127. The monoisotopic (exact) mass is 514 g/mol. The van der Waals surface area contributed by atoms with E-state index in [2.05, 4.69) is 42.0 Å². The fourth-order valence-corrected chi connectivity index (χ4v) is 3.90. The number of nitrogens with zero attached hydrogens (tertiary/aromatic N) is 7. The van der Waals surface area contributed by atoms with Crippen LogP contribution in [0.25, 0.3) is 0 Å². The van der Waals surface area contributed by atoms with E-state index in [0.29, 0.717) is 6.54 Å². The van der Waals surface area contributed by atoms with Crippen molar-refractivity contribution in [3.8, 4) is 0 Å². The van der Waals surface area contributed by atoms with Gasteiger partial charge in [0.2, 0.25) is 0 Å². The van der Waals surface area contributed by atoms with E-state index in [-0.39, 0.29) is 24.0 Å². The van der Waals surface area contributed by atoms with Gasteiger partial charge >= 0.3 is 0 Å². The summed E-state index contributed by atoms with van der Waals surface area (Å²) in [4.78, 5) is 9.62. The first-order chi connectivity index (χ1) is 13.8. The van der Waals surface area contributed by atoms with Crippen LogP contribution in [0.3, 0.4) is 0 Å². The number of aliphatic imine (C=N–C) groups is 1. The molecule has 0 aromatic carbocycles. The maximum Gasteiger partial charge on any atom is 0.194 e. The number of rotatable bonds is 5. The van der Waals surface area contributed by atoms with Crippen molar-refractivity contribution in [2.45, 2.75) is 52.2 Å². The number of halogens is 1. The fraction of sp³-hybridized carbons (Fsp3) is 0.684. The summed E-state index contributed by atoms with van der Waals surface area (Å²) in [6.45, 7) is 9.26. The average Bonchev–Trinajstić information content (AvgIpc) is 3.30. The van der Waals surface area contributed by atoms with Gasteiger partial charge in [-0.15, -0.1) is 34.2 Å². The summed E-state index contributed by atoms with van der Waals surface area (Å²) >= 11 is 0. The van der Waals surface area contributed by atoms with Crippen LogP contribution in [-0.2, 0) is 26.1 Å². The Morgan fingerprint density at radius 2 is 2.00 bits per heavy atom. The summed E-state index contributed by atoms with van der Waals surface area (Å²) < 4.78 is 7.21. The number of hydrogen-bond donors (Lipinski definition) is 1. The first-order valence-electron chi connectivity index (χ1n) is 10.4. The van der Waals surface area contributed by atoms with Crippen molar-refractivity contribution in [2.24, 2.45) is 4.99 Å². The smallest absolute Gasteiger partial charge is 0.194 e. The molecule has 2 aliphatic heterocycles. The highest BCUT2D eigenvalue weighted by Crippen LogP contribution is 2.15. The standard InChI is InChI=1S/C19H30N8O.HI/c1-2-20-19(21-14-18-23-22-17-6-4-3-5-8-27(17)18)26-11-9-25(10-12-26)15-16-7-13-28-24-16;/h7,13H,2-6,8-12,14-15H2,1H3,(H,20,21);1H. The Kier molecular flexibility index (Phi) is 8.28. The lowest BCUT2D eigenvalue weighted by atomic mass is 10.2. The summed E-state index contributed by atoms with van der Waals surface area (Å²) in [5.74, 6) is 3.07. The number of hydrogen-bond acceptors (Lipinski definition) is 6. The van der Waals surface area contributed by atoms with E-state index in [4.69, 9.17) is 9.52 Å². The van der Waals surface area contributed by atoms with Gasteiger partial charge in [0, 0.05) is 58.3 Å². The molecule has 10 heteroatoms. The molecule has 2 aromatic heterocycles. The van der Waals surface area contributed by atoms with Crippen molar-refractivity contribution in [3.63, 3.8) is 0 Å². The maximum atomic E-state index is 4.93. The third kappa shape index (κ3) is 5.68. The number of fused-ring (bicyclic) bond motifs is 1. The molecular weight excluding hydrogens is 483 g/mol. The Morgan fingerprint density at radius 3 is 2.76 bits per heavy atom. The minimum atomic E-state index is 0. The number of guanidine groups is 1. The largest absolute Gasteiger partial charge is 0.364 e. The van der Waals surface area contributed by atoms with Gasteiger partial charge < -0.3 is 19.3 Å². The molecule has 0 saturated carbocycles. The van der Waals surface area contributed by atoms with Gasteiger partial charge in [-0.2, -0.15) is 0 Å². The van der Waals surface area contributed by atoms with Crippen molar-refractivity contribution < 1.29 is 4.52 Å². The van der Waals surface area contributed by atoms with E-state index in [1.165, 1.54) is 19.3 Å². The molecule has 29 heavy (non-hydrogen) atoms. The quantitative estimate of drug-likeness (QED) is 0.371. The van der Waals surface area contributed by atoms with Gasteiger partial charge in [0.1, 0.15) is 18.6 Å². The maximum absolute atomic E-state index is 4.93. The van der Waals surface area contributed by atoms with Crippen LogP contribution in [0.5, 0.6) is 0 Å². The van der Waals surface area contributed by atoms with Crippen molar-refractivity contribution >= 4 is 29.9 Å². The third-order valence-electron chi connectivity index (χ3n) is 5.44. The van der Waals surface area contributed by atoms with Crippen molar-refractivity contribution in [1.82, 2.24) is 35.0 Å². The third-order valence-corrected chi connectivity index (χ3v) is 5.44. The molecule has 0 unspecified atom stereocenters. The molecule has 0 spiro atoms. The molecule has 0 radical (unpaired) electrons. The zero-order valence-electron chi connectivity index (χ0n) is 17.1. The number of aryl methyl sites for hydroxylation is 1. The Morgan fingerprint density at radius 1 is 1.14 bits per heavy atom. The number of piperazine rings is 1. The average molecular weight is 514 g/mol. The van der Waals surface area contributed by atoms with Gasteiger partial charge in [0.25, 0.3) is 0 Å². The van der Waals surface area contributed by atoms with Gasteiger partial charge in [-0.1, -0.05) is 11.6 Å². The number of nitrogens with one attached hydrogen (secondary N) is 1. The number of aromatic nitrogens is 4. The van der Waals surface area contributed by atoms with Crippen LogP contribution in [0, 0.1) is 0 Å². The van der Waals surface area contributed by atoms with E-state index < -0.39 is 0 Å². The molecule has 2 aliphatic rings. The topological polar surface area (TPSA) is 87.6 Å². The fourth-order valence-electron chi connectivity index (χ4n) is 3.90. The van der Waals surface area contributed by atoms with Crippen molar-refractivity contribution in [3.05, 3.63) is 29.7 Å². The Bertz CT molecular complexity index is 767. The molecule has 1 N–H and O–H groups in total. The normalized spacial score (nSPS) is 18.1. The van der Waals surface area contributed by atoms with E-state index in [9.17, 15) is 0 Å². The second kappa shape index (κ2) is 10.9. The van der Waals surface area contributed by atoms with Crippen molar-refractivity contribution in [1.29, 1.82) is 0 Å². The first-order valence-corrected chi connectivity index (χ1v) is 10.4. The van der Waals surface area contributed by atoms with E-state index in [1.807, 2.05) is 6.07 Å². The molecule has 0 aliphatic carbocycles. The van der Waals surface area contributed by atoms with Crippen LogP contribution in [0.1, 0.15) is 43.5 Å². The van der Waals surface area contributed by atoms with E-state index in [0.717, 1.165) is 75.5 Å². The lowest BCUT2D eigenvalue weighted by molar-refractivity contribution is 0.169. The van der Waals surface area contributed by atoms with Gasteiger partial charge in [-0.25, -0.2) is 4.99 Å². The lowest BCUT2D eigenvalue weighted by Gasteiger charge is -2.36. The molecule has 0 bridgehead atoms. The molecule has 1 fully saturated rings. The zero-order chi connectivity index (χ0) is 19.2. The predicted octanol–water partition coefficient (Wildman–Crippen LogP) is 1.89. The molecule has 0 amide bonds. The minimum absolute atomic E-state index is 0. The predicted molar refractivity (Wildman–Crippen MR) is 121 cm³/mol. The summed E-state index contributed by atoms with van der Waals surface area (Å²) in [5, 5.41) is 16.2. The zero-order valence-corrected chi connectivity index (χ0v) is 19.4. The molecule has 2 aromatic rings. The highest BCUT2D eigenvalue weighted by molar-refractivity contribution is 14.0. The molecule has 4 heterocycles. The van der Waals surface area contributed by atoms with Gasteiger partial charge in [-0.05, 0) is 19.8 Å². The molecule has 1 saturated heterocycles. The molecule has 9 nitrogen and oxygen atoms in total. The van der Waals surface area contributed by atoms with Crippen LogP contribution >= 0.6 is 24.0 Å². The van der Waals surface area contributed by atoms with Gasteiger partial charge in [0.05, 0.1) is 5.69 Å². The Balaban J connectivity index is 0.00000240. The van der Waals surface area contributed by atoms with Crippen LogP contribution in [-0.4, -0.2) is 68.4 Å². The summed E-state index contributed by atoms with van der Waals surface area (Å²) in [6.07, 6.45) is 6.35. The lowest BCUT2D eigenvalue weighted by Crippen LogP contribution is -2.52. The van der Waals surface area contributed by atoms with Gasteiger partial charge in [0.15, 0.2) is 11.8 Å². The van der Waals surface area contributed by atoms with Crippen LogP contribution in [0.2, 0.25) is 0 Å². The summed E-state index contributed by atoms with van der Waals surface area (Å²) in [7, 11) is 0. The van der Waals surface area contributed by atoms with Gasteiger partial charge in [-0.3, -0.25) is 4.90 Å². The Hall–Kier alpha value is -1.69. The second-order valence-corrected chi connectivity index (χ2v) is 7.42. The highest BCUT2D eigenvalue weighted by Gasteiger charge is 2.21. The first kappa shape index (κ1) is 22.0. The minimum Gasteiger partial charge on any atom is -0.364 e.